The molecule has 3 N–H and O–H groups in total. The summed E-state index contributed by atoms with van der Waals surface area (Å²) in [6.45, 7) is 2.78. The Kier molecular flexibility index (Phi) is 5.09. The zero-order chi connectivity index (χ0) is 18.9. The molecule has 0 aromatic heterocycles. The van der Waals surface area contributed by atoms with E-state index in [0.29, 0.717) is 42.2 Å². The summed E-state index contributed by atoms with van der Waals surface area (Å²) in [5.41, 5.74) is 0.0179. The third-order valence-electron chi connectivity index (χ3n) is 5.26. The normalized spacial score (nSPS) is 25.7. The van der Waals surface area contributed by atoms with Crippen LogP contribution in [0.1, 0.15) is 43.0 Å². The van der Waals surface area contributed by atoms with Gasteiger partial charge in [-0.25, -0.2) is 4.79 Å². The molecule has 26 heavy (non-hydrogen) atoms. The van der Waals surface area contributed by atoms with Gasteiger partial charge in [0.1, 0.15) is 0 Å². The molecule has 1 aromatic carbocycles. The molecule has 0 radical (unpaired) electrons. The second-order valence-electron chi connectivity index (χ2n) is 7.06. The molecular weight excluding hydrogens is 358 g/mol. The van der Waals surface area contributed by atoms with Crippen LogP contribution in [-0.2, 0) is 4.79 Å². The van der Waals surface area contributed by atoms with Crippen LogP contribution in [-0.4, -0.2) is 41.6 Å². The number of anilines is 1. The van der Waals surface area contributed by atoms with Crippen LogP contribution in [0, 0.1) is 5.92 Å². The number of amides is 3. The Morgan fingerprint density at radius 2 is 2.15 bits per heavy atom. The molecule has 2 unspecified atom stereocenters. The number of benzene rings is 1. The van der Waals surface area contributed by atoms with E-state index in [1.165, 1.54) is 4.90 Å². The van der Waals surface area contributed by atoms with Crippen LogP contribution in [0.3, 0.4) is 0 Å². The second-order valence-corrected chi connectivity index (χ2v) is 7.47. The third kappa shape index (κ3) is 3.49. The fourth-order valence-electron chi connectivity index (χ4n) is 3.77. The van der Waals surface area contributed by atoms with E-state index in [0.717, 1.165) is 12.8 Å². The third-order valence-corrected chi connectivity index (χ3v) is 5.58. The molecule has 2 aliphatic rings. The van der Waals surface area contributed by atoms with E-state index in [1.807, 2.05) is 0 Å². The first-order chi connectivity index (χ1) is 12.3. The highest BCUT2D eigenvalue weighted by atomic mass is 35.5. The van der Waals surface area contributed by atoms with Gasteiger partial charge < -0.3 is 15.7 Å². The van der Waals surface area contributed by atoms with E-state index in [4.69, 9.17) is 11.6 Å². The van der Waals surface area contributed by atoms with Gasteiger partial charge in [-0.1, -0.05) is 24.4 Å². The molecule has 3 amide bonds. The summed E-state index contributed by atoms with van der Waals surface area (Å²) in [6.07, 6.45) is 2.88. The lowest BCUT2D eigenvalue weighted by Crippen LogP contribution is -2.55. The van der Waals surface area contributed by atoms with Crippen LogP contribution >= 0.6 is 11.6 Å². The highest BCUT2D eigenvalue weighted by Gasteiger charge is 2.42. The number of carbonyl (C=O) groups is 3. The first-order valence-electron chi connectivity index (χ1n) is 8.72. The minimum absolute atomic E-state index is 0.255. The van der Waals surface area contributed by atoms with E-state index in [-0.39, 0.29) is 11.9 Å². The van der Waals surface area contributed by atoms with Crippen LogP contribution in [0.4, 0.5) is 10.5 Å². The molecule has 1 aliphatic carbocycles. The maximum atomic E-state index is 12.8. The van der Waals surface area contributed by atoms with E-state index >= 15 is 0 Å². The Labute approximate surface area is 156 Å². The summed E-state index contributed by atoms with van der Waals surface area (Å²) in [5.74, 6) is -1.87. The number of carbonyl (C=O) groups excluding carboxylic acids is 2. The molecule has 0 spiro atoms. The standard InChI is InChI=1S/C18H22ClN3O4/c1-18(7-3-2-4-12(18)16(24)25)21-15(23)11-5-6-13(19)14(10-11)22-9-8-20-17(22)26/h5-6,10,12H,2-4,7-9H2,1H3,(H,20,26)(H,21,23)(H,24,25). The number of urea groups is 1. The number of nitrogens with zero attached hydrogens (tertiary/aromatic N) is 1. The average Bonchev–Trinajstić information content (AvgIpc) is 3.00. The van der Waals surface area contributed by atoms with Gasteiger partial charge in [0.05, 0.1) is 22.2 Å². The first kappa shape index (κ1) is 18.5. The predicted octanol–water partition coefficient (Wildman–Crippen LogP) is 2.63. The average molecular weight is 380 g/mol. The predicted molar refractivity (Wildman–Crippen MR) is 97.7 cm³/mol. The summed E-state index contributed by atoms with van der Waals surface area (Å²) < 4.78 is 0. The van der Waals surface area contributed by atoms with Gasteiger partial charge in [0.25, 0.3) is 5.91 Å². The number of carboxylic acid groups (broad SMARTS) is 1. The highest BCUT2D eigenvalue weighted by Crippen LogP contribution is 2.34. The SMILES string of the molecule is CC1(NC(=O)c2ccc(Cl)c(N3CCNC3=O)c2)CCCCC1C(=O)O. The number of aliphatic carboxylic acids is 1. The molecule has 1 heterocycles. The van der Waals surface area contributed by atoms with Crippen molar-refractivity contribution in [3.63, 3.8) is 0 Å². The Morgan fingerprint density at radius 1 is 1.38 bits per heavy atom. The first-order valence-corrected chi connectivity index (χ1v) is 9.10. The van der Waals surface area contributed by atoms with Crippen molar-refractivity contribution in [2.24, 2.45) is 5.92 Å². The lowest BCUT2D eigenvalue weighted by atomic mass is 9.73. The Morgan fingerprint density at radius 3 is 2.81 bits per heavy atom. The van der Waals surface area contributed by atoms with Gasteiger partial charge in [0.2, 0.25) is 0 Å². The fourth-order valence-corrected chi connectivity index (χ4v) is 3.99. The van der Waals surface area contributed by atoms with Crippen LogP contribution < -0.4 is 15.5 Å². The molecular formula is C18H22ClN3O4. The van der Waals surface area contributed by atoms with Crippen molar-refractivity contribution in [2.75, 3.05) is 18.0 Å². The summed E-state index contributed by atoms with van der Waals surface area (Å²) >= 11 is 6.20. The minimum Gasteiger partial charge on any atom is -0.481 e. The van der Waals surface area contributed by atoms with Crippen LogP contribution in [0.15, 0.2) is 18.2 Å². The van der Waals surface area contributed by atoms with Gasteiger partial charge in [-0.15, -0.1) is 0 Å². The molecule has 2 fully saturated rings. The molecule has 8 heteroatoms. The molecule has 1 aliphatic heterocycles. The van der Waals surface area contributed by atoms with Gasteiger partial charge in [0, 0.05) is 18.7 Å². The maximum absolute atomic E-state index is 12.8. The number of hydrogen-bond donors (Lipinski definition) is 3. The van der Waals surface area contributed by atoms with E-state index in [1.54, 1.807) is 25.1 Å². The fraction of sp³-hybridized carbons (Fsp3) is 0.500. The molecule has 7 nitrogen and oxygen atoms in total. The van der Waals surface area contributed by atoms with E-state index in [2.05, 4.69) is 10.6 Å². The Balaban J connectivity index is 1.83. The van der Waals surface area contributed by atoms with Crippen molar-refractivity contribution in [3.8, 4) is 0 Å². The summed E-state index contributed by atoms with van der Waals surface area (Å²) in [5, 5.41) is 15.5. The van der Waals surface area contributed by atoms with Crippen LogP contribution in [0.25, 0.3) is 0 Å². The van der Waals surface area contributed by atoms with Crippen molar-refractivity contribution in [3.05, 3.63) is 28.8 Å². The Bertz CT molecular complexity index is 754. The second kappa shape index (κ2) is 7.15. The number of carboxylic acids is 1. The Hall–Kier alpha value is -2.28. The topological polar surface area (TPSA) is 98.7 Å². The zero-order valence-corrected chi connectivity index (χ0v) is 15.3. The maximum Gasteiger partial charge on any atom is 0.322 e. The number of hydrogen-bond acceptors (Lipinski definition) is 3. The molecule has 140 valence electrons. The molecule has 1 saturated carbocycles. The molecule has 1 aromatic rings. The number of rotatable bonds is 4. The van der Waals surface area contributed by atoms with E-state index < -0.39 is 17.4 Å². The van der Waals surface area contributed by atoms with Crippen LogP contribution in [0.5, 0.6) is 0 Å². The van der Waals surface area contributed by atoms with Crippen molar-refractivity contribution < 1.29 is 19.5 Å². The van der Waals surface area contributed by atoms with Gasteiger partial charge in [0.15, 0.2) is 0 Å². The summed E-state index contributed by atoms with van der Waals surface area (Å²) in [6, 6.07) is 4.48. The highest BCUT2D eigenvalue weighted by molar-refractivity contribution is 6.34. The lowest BCUT2D eigenvalue weighted by molar-refractivity contribution is -0.145. The quantitative estimate of drug-likeness (QED) is 0.748. The van der Waals surface area contributed by atoms with Crippen LogP contribution in [0.2, 0.25) is 5.02 Å². The molecule has 1 saturated heterocycles. The van der Waals surface area contributed by atoms with Gasteiger partial charge >= 0.3 is 12.0 Å². The van der Waals surface area contributed by atoms with Crippen molar-refractivity contribution >= 4 is 35.2 Å². The van der Waals surface area contributed by atoms with Gasteiger partial charge in [-0.3, -0.25) is 14.5 Å². The molecule has 3 rings (SSSR count). The summed E-state index contributed by atoms with van der Waals surface area (Å²) in [7, 11) is 0. The molecule has 0 bridgehead atoms. The van der Waals surface area contributed by atoms with Gasteiger partial charge in [-0.2, -0.15) is 0 Å². The largest absolute Gasteiger partial charge is 0.481 e. The smallest absolute Gasteiger partial charge is 0.322 e. The minimum atomic E-state index is -0.891. The number of halogens is 1. The lowest BCUT2D eigenvalue weighted by Gasteiger charge is -2.39. The van der Waals surface area contributed by atoms with Crippen molar-refractivity contribution in [1.82, 2.24) is 10.6 Å². The van der Waals surface area contributed by atoms with E-state index in [9.17, 15) is 19.5 Å². The van der Waals surface area contributed by atoms with Gasteiger partial charge in [-0.05, 0) is 38.0 Å². The molecule has 2 atom stereocenters. The monoisotopic (exact) mass is 379 g/mol. The van der Waals surface area contributed by atoms with Crippen molar-refractivity contribution in [1.29, 1.82) is 0 Å². The van der Waals surface area contributed by atoms with Crippen molar-refractivity contribution in [2.45, 2.75) is 38.1 Å². The summed E-state index contributed by atoms with van der Waals surface area (Å²) in [4.78, 5) is 37.7. The zero-order valence-electron chi connectivity index (χ0n) is 14.5. The number of nitrogens with one attached hydrogen (secondary N) is 2.